The molecule has 0 aliphatic heterocycles. The molecular weight excluding hydrogens is 205 g/mol. The van der Waals surface area contributed by atoms with Crippen molar-refractivity contribution in [3.05, 3.63) is 35.6 Å². The fourth-order valence-electron chi connectivity index (χ4n) is 1.33. The Morgan fingerprint density at radius 3 is 2.44 bits per heavy atom. The maximum Gasteiger partial charge on any atom is 0.123 e. The van der Waals surface area contributed by atoms with Gasteiger partial charge in [0.15, 0.2) is 0 Å². The van der Waals surface area contributed by atoms with Gasteiger partial charge in [0.1, 0.15) is 5.82 Å². The summed E-state index contributed by atoms with van der Waals surface area (Å²) < 4.78 is 18.0. The van der Waals surface area contributed by atoms with Gasteiger partial charge in [0.25, 0.3) is 0 Å². The second kappa shape index (κ2) is 5.97. The first kappa shape index (κ1) is 13.1. The van der Waals surface area contributed by atoms with E-state index in [0.29, 0.717) is 0 Å². The summed E-state index contributed by atoms with van der Waals surface area (Å²) in [6, 6.07) is 6.56. The molecule has 0 bridgehead atoms. The predicted molar refractivity (Wildman–Crippen MR) is 63.8 cm³/mol. The minimum atomic E-state index is -0.190. The SMILES string of the molecule is COC(C)(C)CCNCc1ccc(F)cc1. The summed E-state index contributed by atoms with van der Waals surface area (Å²) in [5, 5.41) is 3.31. The fourth-order valence-corrected chi connectivity index (χ4v) is 1.33. The number of hydrogen-bond acceptors (Lipinski definition) is 2. The van der Waals surface area contributed by atoms with Crippen molar-refractivity contribution in [2.24, 2.45) is 0 Å². The molecule has 0 atom stereocenters. The van der Waals surface area contributed by atoms with Gasteiger partial charge in [-0.3, -0.25) is 0 Å². The van der Waals surface area contributed by atoms with Crippen LogP contribution in [0.2, 0.25) is 0 Å². The molecule has 0 spiro atoms. The first-order valence-corrected chi connectivity index (χ1v) is 5.54. The van der Waals surface area contributed by atoms with Crippen LogP contribution in [-0.2, 0) is 11.3 Å². The van der Waals surface area contributed by atoms with Crippen LogP contribution in [0, 0.1) is 5.82 Å². The largest absolute Gasteiger partial charge is 0.379 e. The van der Waals surface area contributed by atoms with Crippen LogP contribution in [0.4, 0.5) is 4.39 Å². The third-order valence-electron chi connectivity index (χ3n) is 2.70. The molecule has 1 aromatic rings. The zero-order valence-electron chi connectivity index (χ0n) is 10.2. The second-order valence-corrected chi connectivity index (χ2v) is 4.52. The van der Waals surface area contributed by atoms with Gasteiger partial charge in [0, 0.05) is 13.7 Å². The molecule has 0 saturated carbocycles. The first-order chi connectivity index (χ1) is 7.53. The molecule has 0 aliphatic rings. The highest BCUT2D eigenvalue weighted by molar-refractivity contribution is 5.15. The van der Waals surface area contributed by atoms with Gasteiger partial charge in [0.05, 0.1) is 5.60 Å². The summed E-state index contributed by atoms with van der Waals surface area (Å²) in [4.78, 5) is 0. The molecular formula is C13H20FNO. The molecule has 0 aliphatic carbocycles. The summed E-state index contributed by atoms with van der Waals surface area (Å²) in [5.74, 6) is -0.190. The van der Waals surface area contributed by atoms with Crippen LogP contribution in [0.15, 0.2) is 24.3 Å². The maximum absolute atomic E-state index is 12.6. The fraction of sp³-hybridized carbons (Fsp3) is 0.538. The molecule has 0 amide bonds. The second-order valence-electron chi connectivity index (χ2n) is 4.52. The van der Waals surface area contributed by atoms with Gasteiger partial charge >= 0.3 is 0 Å². The summed E-state index contributed by atoms with van der Waals surface area (Å²) in [7, 11) is 1.72. The van der Waals surface area contributed by atoms with E-state index in [1.165, 1.54) is 12.1 Å². The number of methoxy groups -OCH3 is 1. The monoisotopic (exact) mass is 225 g/mol. The van der Waals surface area contributed by atoms with E-state index in [4.69, 9.17) is 4.74 Å². The van der Waals surface area contributed by atoms with Crippen LogP contribution in [0.25, 0.3) is 0 Å². The van der Waals surface area contributed by atoms with Crippen molar-refractivity contribution in [1.29, 1.82) is 0 Å². The predicted octanol–water partition coefficient (Wildman–Crippen LogP) is 2.73. The highest BCUT2D eigenvalue weighted by Gasteiger charge is 2.14. The van der Waals surface area contributed by atoms with Gasteiger partial charge in [-0.15, -0.1) is 0 Å². The molecule has 1 rings (SSSR count). The first-order valence-electron chi connectivity index (χ1n) is 5.54. The van der Waals surface area contributed by atoms with Crippen molar-refractivity contribution in [1.82, 2.24) is 5.32 Å². The molecule has 0 heterocycles. The molecule has 1 N–H and O–H groups in total. The number of ether oxygens (including phenoxy) is 1. The van der Waals surface area contributed by atoms with E-state index in [-0.39, 0.29) is 11.4 Å². The smallest absolute Gasteiger partial charge is 0.123 e. The third-order valence-corrected chi connectivity index (χ3v) is 2.70. The lowest BCUT2D eigenvalue weighted by molar-refractivity contribution is 0.0158. The van der Waals surface area contributed by atoms with Crippen LogP contribution in [0.5, 0.6) is 0 Å². The van der Waals surface area contributed by atoms with E-state index in [1.807, 2.05) is 0 Å². The molecule has 90 valence electrons. The number of benzene rings is 1. The molecule has 0 unspecified atom stereocenters. The van der Waals surface area contributed by atoms with E-state index in [0.717, 1.165) is 25.1 Å². The molecule has 0 fully saturated rings. The van der Waals surface area contributed by atoms with Crippen LogP contribution in [0.3, 0.4) is 0 Å². The Balaban J connectivity index is 2.23. The number of halogens is 1. The van der Waals surface area contributed by atoms with Crippen LogP contribution < -0.4 is 5.32 Å². The van der Waals surface area contributed by atoms with Crippen molar-refractivity contribution in [2.75, 3.05) is 13.7 Å². The Morgan fingerprint density at radius 1 is 1.25 bits per heavy atom. The standard InChI is InChI=1S/C13H20FNO/c1-13(2,16-3)8-9-15-10-11-4-6-12(14)7-5-11/h4-7,15H,8-10H2,1-3H3. The molecule has 3 heteroatoms. The van der Waals surface area contributed by atoms with Crippen LogP contribution in [0.1, 0.15) is 25.8 Å². The van der Waals surface area contributed by atoms with Gasteiger partial charge < -0.3 is 10.1 Å². The number of rotatable bonds is 6. The average molecular weight is 225 g/mol. The van der Waals surface area contributed by atoms with Gasteiger partial charge in [-0.25, -0.2) is 4.39 Å². The minimum Gasteiger partial charge on any atom is -0.379 e. The Morgan fingerprint density at radius 2 is 1.88 bits per heavy atom. The molecule has 0 saturated heterocycles. The Hall–Kier alpha value is -0.930. The summed E-state index contributed by atoms with van der Waals surface area (Å²) in [6.45, 7) is 5.78. The topological polar surface area (TPSA) is 21.3 Å². The molecule has 16 heavy (non-hydrogen) atoms. The van der Waals surface area contributed by atoms with Gasteiger partial charge in [-0.05, 0) is 44.5 Å². The van der Waals surface area contributed by atoms with Crippen LogP contribution in [-0.4, -0.2) is 19.3 Å². The summed E-state index contributed by atoms with van der Waals surface area (Å²) in [5.41, 5.74) is 1.01. The van der Waals surface area contributed by atoms with Crippen molar-refractivity contribution < 1.29 is 9.13 Å². The molecule has 0 radical (unpaired) electrons. The normalized spacial score (nSPS) is 11.8. The van der Waals surface area contributed by atoms with Crippen molar-refractivity contribution in [3.8, 4) is 0 Å². The average Bonchev–Trinajstić information content (AvgIpc) is 2.27. The van der Waals surface area contributed by atoms with Gasteiger partial charge in [-0.2, -0.15) is 0 Å². The lowest BCUT2D eigenvalue weighted by Crippen LogP contribution is -2.28. The van der Waals surface area contributed by atoms with E-state index in [9.17, 15) is 4.39 Å². The quantitative estimate of drug-likeness (QED) is 0.752. The lowest BCUT2D eigenvalue weighted by atomic mass is 10.1. The number of hydrogen-bond donors (Lipinski definition) is 1. The molecule has 0 aromatic heterocycles. The van der Waals surface area contributed by atoms with Gasteiger partial charge in [-0.1, -0.05) is 12.1 Å². The zero-order valence-corrected chi connectivity index (χ0v) is 10.2. The lowest BCUT2D eigenvalue weighted by Gasteiger charge is -2.22. The summed E-state index contributed by atoms with van der Waals surface area (Å²) >= 11 is 0. The van der Waals surface area contributed by atoms with Crippen molar-refractivity contribution >= 4 is 0 Å². The highest BCUT2D eigenvalue weighted by Crippen LogP contribution is 2.11. The van der Waals surface area contributed by atoms with Crippen LogP contribution >= 0.6 is 0 Å². The number of nitrogens with one attached hydrogen (secondary N) is 1. The third kappa shape index (κ3) is 4.73. The zero-order chi connectivity index (χ0) is 12.0. The van der Waals surface area contributed by atoms with Crippen molar-refractivity contribution in [3.63, 3.8) is 0 Å². The van der Waals surface area contributed by atoms with E-state index in [2.05, 4.69) is 19.2 Å². The van der Waals surface area contributed by atoms with Crippen molar-refractivity contribution in [2.45, 2.75) is 32.4 Å². The highest BCUT2D eigenvalue weighted by atomic mass is 19.1. The van der Waals surface area contributed by atoms with E-state index < -0.39 is 0 Å². The molecule has 1 aromatic carbocycles. The maximum atomic E-state index is 12.6. The minimum absolute atomic E-state index is 0.0875. The summed E-state index contributed by atoms with van der Waals surface area (Å²) in [6.07, 6.45) is 0.949. The molecule has 2 nitrogen and oxygen atoms in total. The Kier molecular flexibility index (Phi) is 4.90. The Labute approximate surface area is 96.8 Å². The Bertz CT molecular complexity index is 308. The van der Waals surface area contributed by atoms with E-state index in [1.54, 1.807) is 19.2 Å². The van der Waals surface area contributed by atoms with Gasteiger partial charge in [0.2, 0.25) is 0 Å². The van der Waals surface area contributed by atoms with E-state index >= 15 is 0 Å².